The summed E-state index contributed by atoms with van der Waals surface area (Å²) in [6, 6.07) is 5.53. The Morgan fingerprint density at radius 1 is 0.975 bits per heavy atom. The number of benzene rings is 1. The molecule has 1 aromatic heterocycles. The summed E-state index contributed by atoms with van der Waals surface area (Å²) in [6.45, 7) is 1.60. The molecule has 2 N–H and O–H groups in total. The molecule has 0 radical (unpaired) electrons. The monoisotopic (exact) mass is 578 g/mol. The van der Waals surface area contributed by atoms with E-state index in [9.17, 15) is 22.0 Å². The van der Waals surface area contributed by atoms with E-state index < -0.39 is 21.7 Å². The predicted molar refractivity (Wildman–Crippen MR) is 142 cm³/mol. The summed E-state index contributed by atoms with van der Waals surface area (Å²) in [7, 11) is -3.42. The van der Waals surface area contributed by atoms with Crippen LogP contribution in [0.25, 0.3) is 0 Å². The fourth-order valence-corrected chi connectivity index (χ4v) is 9.18. The highest BCUT2D eigenvalue weighted by Gasteiger charge is 2.47. The van der Waals surface area contributed by atoms with Crippen LogP contribution < -0.4 is 10.6 Å². The Morgan fingerprint density at radius 3 is 2.35 bits per heavy atom. The van der Waals surface area contributed by atoms with Gasteiger partial charge in [-0.3, -0.25) is 4.79 Å². The summed E-state index contributed by atoms with van der Waals surface area (Å²) in [5, 5.41) is 10.4. The van der Waals surface area contributed by atoms with Gasteiger partial charge in [-0.05, 0) is 75.0 Å². The third-order valence-corrected chi connectivity index (χ3v) is 11.1. The molecule has 4 heterocycles. The van der Waals surface area contributed by atoms with E-state index in [-0.39, 0.29) is 53.4 Å². The molecule has 1 unspecified atom stereocenters. The molecule has 9 nitrogen and oxygen atoms in total. The van der Waals surface area contributed by atoms with Gasteiger partial charge in [0.15, 0.2) is 17.3 Å². The molecular formula is C28H36F2N4O5S. The molecule has 4 fully saturated rings. The van der Waals surface area contributed by atoms with Crippen LogP contribution in [0.2, 0.25) is 0 Å². The zero-order valence-corrected chi connectivity index (χ0v) is 23.2. The zero-order valence-electron chi connectivity index (χ0n) is 22.4. The highest BCUT2D eigenvalue weighted by Crippen LogP contribution is 2.39. The summed E-state index contributed by atoms with van der Waals surface area (Å²) >= 11 is 0. The Kier molecular flexibility index (Phi) is 7.95. The maximum Gasteiger partial charge on any atom is 0.273 e. The van der Waals surface area contributed by atoms with Gasteiger partial charge < -0.3 is 19.9 Å². The van der Waals surface area contributed by atoms with Crippen LogP contribution in [0.1, 0.15) is 79.1 Å². The maximum absolute atomic E-state index is 13.5. The highest BCUT2D eigenvalue weighted by atomic mass is 32.2. The number of ether oxygens (including phenoxy) is 1. The molecule has 1 amide bonds. The SMILES string of the molecule is O=C(NC1C[C@H]2CC[C@@H](C1)N2S(=O)(=O)CC1CCC(NCc2ccc(F)c(F)c2)CC1)c1cc(C2COC2)on1. The molecule has 3 saturated heterocycles. The lowest BCUT2D eigenvalue weighted by atomic mass is 9.87. The number of nitrogens with zero attached hydrogens (tertiary/aromatic N) is 2. The standard InChI is InChI=1S/C28H36F2N4O5S/c29-24-8-3-18(9-25(24)30)13-31-20-4-1-17(2-5-20)16-40(36,37)34-22-6-7-23(34)11-21(10-22)32-28(35)26-12-27(39-33-26)19-14-38-15-19/h3,8-9,12,17,19-23,31H,1-2,4-7,10-11,13-16H2,(H,32,35)/t17?,20?,21?,22-,23+. The van der Waals surface area contributed by atoms with Crippen molar-refractivity contribution in [1.29, 1.82) is 0 Å². The molecule has 3 aliphatic heterocycles. The number of hydrogen-bond acceptors (Lipinski definition) is 7. The van der Waals surface area contributed by atoms with Crippen molar-refractivity contribution in [2.45, 2.75) is 88.0 Å². The Balaban J connectivity index is 0.974. The van der Waals surface area contributed by atoms with Crippen LogP contribution >= 0.6 is 0 Å². The van der Waals surface area contributed by atoms with E-state index in [0.717, 1.165) is 44.6 Å². The van der Waals surface area contributed by atoms with Crippen molar-refractivity contribution < 1.29 is 31.3 Å². The third-order valence-electron chi connectivity index (χ3n) is 9.00. The molecule has 218 valence electrons. The Morgan fingerprint density at radius 2 is 1.70 bits per heavy atom. The van der Waals surface area contributed by atoms with E-state index in [2.05, 4.69) is 15.8 Å². The first-order valence-corrected chi connectivity index (χ1v) is 15.9. The number of aromatic nitrogens is 1. The van der Waals surface area contributed by atoms with Gasteiger partial charge in [-0.2, -0.15) is 4.31 Å². The van der Waals surface area contributed by atoms with E-state index >= 15 is 0 Å². The lowest BCUT2D eigenvalue weighted by molar-refractivity contribution is -0.00228. The van der Waals surface area contributed by atoms with Crippen molar-refractivity contribution in [3.63, 3.8) is 0 Å². The van der Waals surface area contributed by atoms with Crippen molar-refractivity contribution in [3.05, 3.63) is 52.9 Å². The summed E-state index contributed by atoms with van der Waals surface area (Å²) in [6.07, 6.45) is 6.14. The minimum Gasteiger partial charge on any atom is -0.380 e. The highest BCUT2D eigenvalue weighted by molar-refractivity contribution is 7.89. The molecular weight excluding hydrogens is 542 g/mol. The molecule has 40 heavy (non-hydrogen) atoms. The number of amides is 1. The van der Waals surface area contributed by atoms with Crippen molar-refractivity contribution in [3.8, 4) is 0 Å². The first-order chi connectivity index (χ1) is 19.2. The molecule has 12 heteroatoms. The van der Waals surface area contributed by atoms with Crippen molar-refractivity contribution in [1.82, 2.24) is 20.1 Å². The molecule has 4 aliphatic rings. The van der Waals surface area contributed by atoms with Gasteiger partial charge in [-0.15, -0.1) is 0 Å². The summed E-state index contributed by atoms with van der Waals surface area (Å²) in [4.78, 5) is 12.8. The van der Waals surface area contributed by atoms with Crippen molar-refractivity contribution in [2.75, 3.05) is 19.0 Å². The van der Waals surface area contributed by atoms with Crippen LogP contribution in [-0.4, -0.2) is 66.9 Å². The quantitative estimate of drug-likeness (QED) is 0.469. The van der Waals surface area contributed by atoms with E-state index in [0.29, 0.717) is 43.9 Å². The van der Waals surface area contributed by atoms with Gasteiger partial charge in [0.25, 0.3) is 5.91 Å². The molecule has 6 rings (SSSR count). The molecule has 0 spiro atoms. The first kappa shape index (κ1) is 27.7. The van der Waals surface area contributed by atoms with Gasteiger partial charge in [-0.25, -0.2) is 17.2 Å². The van der Waals surface area contributed by atoms with E-state index in [4.69, 9.17) is 9.26 Å². The second-order valence-electron chi connectivity index (χ2n) is 11.8. The van der Waals surface area contributed by atoms with Gasteiger partial charge >= 0.3 is 0 Å². The van der Waals surface area contributed by atoms with Crippen LogP contribution in [0.4, 0.5) is 8.78 Å². The molecule has 2 aromatic rings. The van der Waals surface area contributed by atoms with Gasteiger partial charge in [0.1, 0.15) is 5.76 Å². The number of nitrogens with one attached hydrogen (secondary N) is 2. The number of rotatable bonds is 9. The number of fused-ring (bicyclic) bond motifs is 2. The summed E-state index contributed by atoms with van der Waals surface area (Å²) in [5.41, 5.74) is 0.937. The number of sulfonamides is 1. The Labute approximate surface area is 233 Å². The largest absolute Gasteiger partial charge is 0.380 e. The number of hydrogen-bond donors (Lipinski definition) is 2. The topological polar surface area (TPSA) is 114 Å². The van der Waals surface area contributed by atoms with Crippen LogP contribution in [0.15, 0.2) is 28.8 Å². The number of carbonyl (C=O) groups excluding carboxylic acids is 1. The minimum atomic E-state index is -3.42. The molecule has 1 aromatic carbocycles. The zero-order chi connectivity index (χ0) is 27.9. The normalized spacial score (nSPS) is 29.3. The van der Waals surface area contributed by atoms with Gasteiger partial charge in [0.2, 0.25) is 10.0 Å². The van der Waals surface area contributed by atoms with Crippen LogP contribution in [0, 0.1) is 17.6 Å². The fraction of sp³-hybridized carbons (Fsp3) is 0.643. The lowest BCUT2D eigenvalue weighted by Gasteiger charge is -2.39. The molecule has 1 saturated carbocycles. The van der Waals surface area contributed by atoms with Crippen LogP contribution in [0.5, 0.6) is 0 Å². The van der Waals surface area contributed by atoms with E-state index in [1.54, 1.807) is 16.4 Å². The maximum atomic E-state index is 13.5. The molecule has 2 bridgehead atoms. The fourth-order valence-electron chi connectivity index (χ4n) is 6.78. The van der Waals surface area contributed by atoms with E-state index in [1.165, 1.54) is 6.07 Å². The average molecular weight is 579 g/mol. The lowest BCUT2D eigenvalue weighted by Crippen LogP contribution is -2.53. The summed E-state index contributed by atoms with van der Waals surface area (Å²) in [5.74, 6) is -0.927. The smallest absolute Gasteiger partial charge is 0.273 e. The second kappa shape index (κ2) is 11.5. The molecule has 3 atom stereocenters. The van der Waals surface area contributed by atoms with Crippen molar-refractivity contribution in [2.24, 2.45) is 5.92 Å². The number of halogens is 2. The van der Waals surface area contributed by atoms with Crippen LogP contribution in [-0.2, 0) is 21.3 Å². The van der Waals surface area contributed by atoms with Gasteiger partial charge in [0, 0.05) is 36.8 Å². The van der Waals surface area contributed by atoms with Gasteiger partial charge in [0.05, 0.1) is 24.9 Å². The Hall–Kier alpha value is -2.41. The number of piperidine rings is 1. The molecule has 1 aliphatic carbocycles. The van der Waals surface area contributed by atoms with Crippen LogP contribution in [0.3, 0.4) is 0 Å². The van der Waals surface area contributed by atoms with E-state index in [1.807, 2.05) is 0 Å². The van der Waals surface area contributed by atoms with Gasteiger partial charge in [-0.1, -0.05) is 11.2 Å². The minimum absolute atomic E-state index is 0.0943. The predicted octanol–water partition coefficient (Wildman–Crippen LogP) is 3.47. The third kappa shape index (κ3) is 5.95. The summed E-state index contributed by atoms with van der Waals surface area (Å²) < 4.78 is 65.9. The average Bonchev–Trinajstić information content (AvgIpc) is 3.48. The Bertz CT molecular complexity index is 1310. The first-order valence-electron chi connectivity index (χ1n) is 14.3. The second-order valence-corrected chi connectivity index (χ2v) is 13.7. The number of carbonyl (C=O) groups is 1. The van der Waals surface area contributed by atoms with Crippen molar-refractivity contribution >= 4 is 15.9 Å².